The minimum absolute atomic E-state index is 0.0144. The fraction of sp³-hybridized carbons (Fsp3) is 0.538. The lowest BCUT2D eigenvalue weighted by atomic mass is 9.89. The summed E-state index contributed by atoms with van der Waals surface area (Å²) in [7, 11) is 0. The molecule has 0 radical (unpaired) electrons. The molecule has 2 atom stereocenters. The van der Waals surface area contributed by atoms with Gasteiger partial charge in [-0.3, -0.25) is 34.3 Å². The third kappa shape index (κ3) is 10.0. The van der Waals surface area contributed by atoms with Crippen LogP contribution >= 0.6 is 11.9 Å². The fourth-order valence-electron chi connectivity index (χ4n) is 8.08. The van der Waals surface area contributed by atoms with Crippen LogP contribution < -0.4 is 10.6 Å². The van der Waals surface area contributed by atoms with Gasteiger partial charge in [0, 0.05) is 49.2 Å². The number of nitriles is 1. The van der Waals surface area contributed by atoms with Gasteiger partial charge in [-0.1, -0.05) is 12.1 Å². The zero-order valence-corrected chi connectivity index (χ0v) is 33.0. The molecule has 59 heavy (non-hydrogen) atoms. The van der Waals surface area contributed by atoms with E-state index in [-0.39, 0.29) is 62.2 Å². The molecule has 1 aliphatic carbocycles. The number of benzene rings is 2. The molecule has 20 heteroatoms. The van der Waals surface area contributed by atoms with Gasteiger partial charge in [0.2, 0.25) is 17.7 Å². The third-order valence-electron chi connectivity index (χ3n) is 11.2. The van der Waals surface area contributed by atoms with Crippen molar-refractivity contribution in [3.8, 4) is 6.07 Å². The van der Waals surface area contributed by atoms with Crippen molar-refractivity contribution in [1.29, 1.82) is 5.26 Å². The van der Waals surface area contributed by atoms with Crippen LogP contribution in [0.3, 0.4) is 0 Å². The molecule has 0 spiro atoms. The number of carbonyl (C=O) groups excluding carboxylic acids is 5. The number of nitrogens with zero attached hydrogens (tertiary/aromatic N) is 5. The minimum atomic E-state index is -4.81. The Morgan fingerprint density at radius 1 is 0.983 bits per heavy atom. The summed E-state index contributed by atoms with van der Waals surface area (Å²) in [4.78, 5) is 67.6. The lowest BCUT2D eigenvalue weighted by Gasteiger charge is -2.42. The van der Waals surface area contributed by atoms with Crippen LogP contribution in [0.15, 0.2) is 47.4 Å². The monoisotopic (exact) mass is 851 g/mol. The van der Waals surface area contributed by atoms with Crippen LogP contribution in [0.25, 0.3) is 0 Å². The van der Waals surface area contributed by atoms with Gasteiger partial charge in [-0.05, 0) is 93.8 Å². The van der Waals surface area contributed by atoms with E-state index in [0.29, 0.717) is 55.3 Å². The van der Waals surface area contributed by atoms with Crippen molar-refractivity contribution < 1.29 is 55.1 Å². The highest BCUT2D eigenvalue weighted by molar-refractivity contribution is 7.98. The van der Waals surface area contributed by atoms with E-state index in [1.54, 1.807) is 43.0 Å². The van der Waals surface area contributed by atoms with Gasteiger partial charge in [-0.25, -0.2) is 4.79 Å². The summed E-state index contributed by atoms with van der Waals surface area (Å²) in [5.74, 6) is -2.48. The van der Waals surface area contributed by atoms with Crippen molar-refractivity contribution in [1.82, 2.24) is 24.3 Å². The third-order valence-corrected chi connectivity index (χ3v) is 12.2. The summed E-state index contributed by atoms with van der Waals surface area (Å²) in [6, 6.07) is 7.95. The molecule has 3 heterocycles. The Labute approximate surface area is 340 Å². The van der Waals surface area contributed by atoms with Gasteiger partial charge < -0.3 is 15.0 Å². The second kappa shape index (κ2) is 17.5. The van der Waals surface area contributed by atoms with Crippen LogP contribution in [0.5, 0.6) is 0 Å². The first-order valence-electron chi connectivity index (χ1n) is 19.1. The molecule has 0 aromatic heterocycles. The van der Waals surface area contributed by atoms with E-state index in [0.717, 1.165) is 21.3 Å². The highest BCUT2D eigenvalue weighted by atomic mass is 32.2. The molecule has 6 amide bonds. The van der Waals surface area contributed by atoms with E-state index in [1.807, 2.05) is 0 Å². The van der Waals surface area contributed by atoms with Gasteiger partial charge in [0.25, 0.3) is 5.91 Å². The average molecular weight is 852 g/mol. The molecule has 318 valence electrons. The number of piperidine rings is 1. The molecule has 0 bridgehead atoms. The largest absolute Gasteiger partial charge is 0.417 e. The predicted molar refractivity (Wildman–Crippen MR) is 200 cm³/mol. The Balaban J connectivity index is 0.956. The summed E-state index contributed by atoms with van der Waals surface area (Å²) in [5.41, 5.74) is -2.03. The molecule has 3 saturated heterocycles. The highest BCUT2D eigenvalue weighted by Crippen LogP contribution is 2.42. The smallest absolute Gasteiger partial charge is 0.377 e. The van der Waals surface area contributed by atoms with Crippen LogP contribution in [0, 0.1) is 11.3 Å². The molecule has 2 aromatic rings. The number of carbonyl (C=O) groups is 5. The first kappa shape index (κ1) is 43.9. The Kier molecular flexibility index (Phi) is 13.0. The van der Waals surface area contributed by atoms with Gasteiger partial charge in [0.15, 0.2) is 0 Å². The zero-order valence-electron chi connectivity index (χ0n) is 32.2. The normalized spacial score (nSPS) is 24.6. The van der Waals surface area contributed by atoms with Gasteiger partial charge in [0.05, 0.1) is 42.4 Å². The number of urea groups is 1. The number of hydrogen-bond acceptors (Lipinski definition) is 10. The van der Waals surface area contributed by atoms with Crippen molar-refractivity contribution >= 4 is 47.3 Å². The van der Waals surface area contributed by atoms with Crippen molar-refractivity contribution in [3.05, 3.63) is 59.2 Å². The van der Waals surface area contributed by atoms with Gasteiger partial charge in [-0.2, -0.15) is 35.9 Å². The molecular weight excluding hydrogens is 809 g/mol. The number of alkyl halides is 6. The van der Waals surface area contributed by atoms with E-state index in [1.165, 1.54) is 17.0 Å². The number of amides is 6. The molecule has 2 aromatic carbocycles. The molecular formula is C39H43F6N7O6S. The standard InChI is InChI=1S/C39H43F6N7O6S/c1-37(2)35(56)52(59-28-12-5-24(20-46)30(19-28)38(40,41)42)36(57)51(37)26-8-10-27(11-9-26)58-18-17-49-15-16-50(31(21-49)39(43,44)45)22-33(54)47-25-6-3-23(4-7-25)29-13-14-32(53)48-34(29)55/h3-7,12,19,26-27,29,31H,8-11,13-18,21-22H2,1-2H3,(H,47,54)(H,48,53,55)/t26?,27?,29?,31-/m1/s1. The molecule has 1 saturated carbocycles. The number of rotatable bonds is 11. The summed E-state index contributed by atoms with van der Waals surface area (Å²) >= 11 is 0.564. The van der Waals surface area contributed by atoms with E-state index in [4.69, 9.17) is 10.00 Å². The number of piperazine rings is 1. The summed E-state index contributed by atoms with van der Waals surface area (Å²) in [6.45, 7) is 2.92. The molecule has 4 fully saturated rings. The average Bonchev–Trinajstić information content (AvgIpc) is 3.33. The number of hydrogen-bond donors (Lipinski definition) is 2. The maximum Gasteiger partial charge on any atom is 0.417 e. The second-order valence-corrected chi connectivity index (χ2v) is 16.5. The van der Waals surface area contributed by atoms with E-state index < -0.39 is 71.3 Å². The van der Waals surface area contributed by atoms with Gasteiger partial charge in [0.1, 0.15) is 11.6 Å². The van der Waals surface area contributed by atoms with Crippen molar-refractivity contribution in [2.75, 3.05) is 44.6 Å². The maximum atomic E-state index is 14.2. The van der Waals surface area contributed by atoms with E-state index in [9.17, 15) is 50.3 Å². The highest BCUT2D eigenvalue weighted by Gasteiger charge is 2.55. The number of anilines is 1. The molecule has 1 unspecified atom stereocenters. The summed E-state index contributed by atoms with van der Waals surface area (Å²) in [6.07, 6.45) is -7.17. The first-order valence-corrected chi connectivity index (χ1v) is 19.9. The van der Waals surface area contributed by atoms with Gasteiger partial charge in [-0.15, -0.1) is 0 Å². The number of ether oxygens (including phenoxy) is 1. The number of nitrogens with one attached hydrogen (secondary N) is 2. The van der Waals surface area contributed by atoms with Gasteiger partial charge >= 0.3 is 18.4 Å². The topological polar surface area (TPSA) is 155 Å². The molecule has 3 aliphatic heterocycles. The summed E-state index contributed by atoms with van der Waals surface area (Å²) < 4.78 is 90.2. The zero-order chi connectivity index (χ0) is 42.9. The first-order chi connectivity index (χ1) is 27.8. The molecule has 2 N–H and O–H groups in total. The second-order valence-electron chi connectivity index (χ2n) is 15.5. The maximum absolute atomic E-state index is 14.2. The number of halogens is 6. The quantitative estimate of drug-likeness (QED) is 0.125. The fourth-order valence-corrected chi connectivity index (χ4v) is 9.06. The Morgan fingerprint density at radius 2 is 1.68 bits per heavy atom. The van der Waals surface area contributed by atoms with Crippen molar-refractivity contribution in [3.63, 3.8) is 0 Å². The lowest BCUT2D eigenvalue weighted by molar-refractivity contribution is -0.197. The Bertz CT molecular complexity index is 1980. The van der Waals surface area contributed by atoms with Crippen LogP contribution in [0.4, 0.5) is 36.8 Å². The SMILES string of the molecule is CC1(C)C(=O)N(Sc2ccc(C#N)c(C(F)(F)F)c2)C(=O)N1C1CCC(OCCN2CCN(CC(=O)Nc3ccc(C4CCC(=O)NC4=O)cc3)[C@@H](C(F)(F)F)C2)CC1. The molecule has 13 nitrogen and oxygen atoms in total. The van der Waals surface area contributed by atoms with Crippen LogP contribution in [0.1, 0.15) is 75.0 Å². The predicted octanol–water partition coefficient (Wildman–Crippen LogP) is 5.66. The lowest BCUT2D eigenvalue weighted by Crippen LogP contribution is -2.60. The van der Waals surface area contributed by atoms with Crippen molar-refractivity contribution in [2.45, 2.75) is 99.3 Å². The molecule has 6 rings (SSSR count). The van der Waals surface area contributed by atoms with Crippen LogP contribution in [-0.4, -0.2) is 118 Å². The van der Waals surface area contributed by atoms with Crippen LogP contribution in [-0.2, 0) is 30.1 Å². The Hall–Kier alpha value is -4.71. The van der Waals surface area contributed by atoms with Crippen molar-refractivity contribution in [2.24, 2.45) is 0 Å². The van der Waals surface area contributed by atoms with E-state index >= 15 is 0 Å². The minimum Gasteiger partial charge on any atom is -0.377 e. The van der Waals surface area contributed by atoms with Crippen LogP contribution in [0.2, 0.25) is 0 Å². The molecule has 4 aliphatic rings. The number of imide groups is 2. The van der Waals surface area contributed by atoms with E-state index in [2.05, 4.69) is 10.6 Å². The summed E-state index contributed by atoms with van der Waals surface area (Å²) in [5, 5.41) is 14.0. The Morgan fingerprint density at radius 3 is 2.31 bits per heavy atom.